The topological polar surface area (TPSA) is 70.7 Å². The second-order valence-corrected chi connectivity index (χ2v) is 8.54. The molecule has 0 N–H and O–H groups in total. The summed E-state index contributed by atoms with van der Waals surface area (Å²) in [5.74, 6) is 1.38. The molecule has 5 aromatic rings. The molecule has 0 saturated heterocycles. The van der Waals surface area contributed by atoms with Gasteiger partial charge in [0.05, 0.1) is 31.7 Å². The molecule has 34 heavy (non-hydrogen) atoms. The first-order chi connectivity index (χ1) is 16.6. The van der Waals surface area contributed by atoms with E-state index in [9.17, 15) is 9.18 Å². The fraction of sp³-hybridized carbons (Fsp3) is 0.160. The van der Waals surface area contributed by atoms with Gasteiger partial charge in [-0.15, -0.1) is 10.2 Å². The zero-order chi connectivity index (χ0) is 23.7. The zero-order valence-corrected chi connectivity index (χ0v) is 19.4. The molecule has 0 aliphatic rings. The van der Waals surface area contributed by atoms with E-state index < -0.39 is 5.82 Å². The maximum Gasteiger partial charge on any atom is 0.263 e. The number of hydrogen-bond donors (Lipinski definition) is 0. The Hall–Kier alpha value is -3.85. The van der Waals surface area contributed by atoms with Gasteiger partial charge in [-0.1, -0.05) is 48.2 Å². The minimum absolute atomic E-state index is 0.157. The number of hydrogen-bond acceptors (Lipinski definition) is 6. The van der Waals surface area contributed by atoms with Crippen LogP contribution >= 0.6 is 11.8 Å². The van der Waals surface area contributed by atoms with Crippen LogP contribution in [-0.2, 0) is 12.3 Å². The molecule has 0 bridgehead atoms. The average molecular weight is 477 g/mol. The van der Waals surface area contributed by atoms with Crippen molar-refractivity contribution in [2.75, 3.05) is 14.2 Å². The van der Waals surface area contributed by atoms with Crippen LogP contribution in [0, 0.1) is 5.82 Å². The molecule has 0 fully saturated rings. The maximum atomic E-state index is 14.1. The number of para-hydroxylation sites is 2. The van der Waals surface area contributed by atoms with E-state index in [4.69, 9.17) is 9.47 Å². The van der Waals surface area contributed by atoms with Crippen molar-refractivity contribution in [1.29, 1.82) is 0 Å². The van der Waals surface area contributed by atoms with Crippen molar-refractivity contribution in [3.8, 4) is 11.5 Å². The number of nitrogens with zero attached hydrogens (tertiary/aromatic N) is 4. The molecular formula is C25H21FN4O3S. The fourth-order valence-corrected chi connectivity index (χ4v) is 4.80. The van der Waals surface area contributed by atoms with Crippen LogP contribution in [-0.4, -0.2) is 33.4 Å². The SMILES string of the molecule is COc1ccc(CSc2nnc3n(Cc4ccccc4OC)c(=O)c4ccccc4n23)cc1F. The highest BCUT2D eigenvalue weighted by atomic mass is 32.2. The van der Waals surface area contributed by atoms with E-state index in [1.807, 2.05) is 52.9 Å². The van der Waals surface area contributed by atoms with Crippen LogP contribution in [0.5, 0.6) is 11.5 Å². The number of ether oxygens (including phenoxy) is 2. The number of fused-ring (bicyclic) bond motifs is 3. The summed E-state index contributed by atoms with van der Waals surface area (Å²) >= 11 is 1.42. The van der Waals surface area contributed by atoms with E-state index in [1.165, 1.54) is 24.9 Å². The van der Waals surface area contributed by atoms with Gasteiger partial charge in [-0.3, -0.25) is 13.8 Å². The molecule has 2 heterocycles. The Bertz CT molecular complexity index is 1560. The highest BCUT2D eigenvalue weighted by Crippen LogP contribution is 2.27. The first kappa shape index (κ1) is 22.0. The lowest BCUT2D eigenvalue weighted by atomic mass is 10.2. The van der Waals surface area contributed by atoms with Crippen LogP contribution in [0.15, 0.2) is 76.7 Å². The minimum Gasteiger partial charge on any atom is -0.496 e. The van der Waals surface area contributed by atoms with Crippen molar-refractivity contribution in [3.63, 3.8) is 0 Å². The number of methoxy groups -OCH3 is 2. The molecule has 0 atom stereocenters. The summed E-state index contributed by atoms with van der Waals surface area (Å²) in [7, 11) is 3.04. The van der Waals surface area contributed by atoms with Crippen molar-refractivity contribution in [2.24, 2.45) is 0 Å². The van der Waals surface area contributed by atoms with Gasteiger partial charge in [0, 0.05) is 11.3 Å². The normalized spacial score (nSPS) is 11.3. The van der Waals surface area contributed by atoms with Crippen LogP contribution in [0.3, 0.4) is 0 Å². The molecule has 0 amide bonds. The summed E-state index contributed by atoms with van der Waals surface area (Å²) in [5, 5.41) is 9.89. The zero-order valence-electron chi connectivity index (χ0n) is 18.6. The second kappa shape index (κ2) is 9.18. The summed E-state index contributed by atoms with van der Waals surface area (Å²) in [5.41, 5.74) is 2.20. The molecule has 5 rings (SSSR count). The molecule has 9 heteroatoms. The molecule has 2 aromatic heterocycles. The fourth-order valence-electron chi connectivity index (χ4n) is 3.92. The van der Waals surface area contributed by atoms with Gasteiger partial charge < -0.3 is 9.47 Å². The Morgan fingerprint density at radius 2 is 1.71 bits per heavy atom. The predicted molar refractivity (Wildman–Crippen MR) is 129 cm³/mol. The third-order valence-corrected chi connectivity index (χ3v) is 6.58. The second-order valence-electron chi connectivity index (χ2n) is 7.60. The minimum atomic E-state index is -0.414. The maximum absolute atomic E-state index is 14.1. The highest BCUT2D eigenvalue weighted by Gasteiger charge is 2.18. The lowest BCUT2D eigenvalue weighted by Gasteiger charge is -2.13. The third kappa shape index (κ3) is 3.88. The molecule has 0 spiro atoms. The lowest BCUT2D eigenvalue weighted by molar-refractivity contribution is 0.386. The van der Waals surface area contributed by atoms with Crippen molar-refractivity contribution < 1.29 is 13.9 Å². The monoisotopic (exact) mass is 476 g/mol. The van der Waals surface area contributed by atoms with Crippen molar-refractivity contribution in [2.45, 2.75) is 17.5 Å². The van der Waals surface area contributed by atoms with Gasteiger partial charge in [-0.25, -0.2) is 4.39 Å². The standard InChI is InChI=1S/C25H21FN4O3S/c1-32-21-10-6-3-7-17(21)14-29-23(31)18-8-4-5-9-20(18)30-24(29)27-28-25(30)34-15-16-11-12-22(33-2)19(26)13-16/h3-13H,14-15H2,1-2H3. The van der Waals surface area contributed by atoms with E-state index in [2.05, 4.69) is 10.2 Å². The van der Waals surface area contributed by atoms with Gasteiger partial charge in [-0.05, 0) is 35.9 Å². The van der Waals surface area contributed by atoms with Gasteiger partial charge in [-0.2, -0.15) is 0 Å². The van der Waals surface area contributed by atoms with Crippen molar-refractivity contribution in [3.05, 3.63) is 94.0 Å². The number of thioether (sulfide) groups is 1. The largest absolute Gasteiger partial charge is 0.496 e. The summed E-state index contributed by atoms with van der Waals surface area (Å²) in [4.78, 5) is 13.4. The van der Waals surface area contributed by atoms with Gasteiger partial charge in [0.25, 0.3) is 5.56 Å². The average Bonchev–Trinajstić information content (AvgIpc) is 3.29. The molecule has 0 unspecified atom stereocenters. The molecule has 3 aromatic carbocycles. The number of rotatable bonds is 7. The van der Waals surface area contributed by atoms with Crippen LogP contribution in [0.2, 0.25) is 0 Å². The predicted octanol–water partition coefficient (Wildman–Crippen LogP) is 4.54. The Kier molecular flexibility index (Phi) is 5.93. The molecule has 7 nitrogen and oxygen atoms in total. The molecule has 0 radical (unpaired) electrons. The molecule has 0 aliphatic carbocycles. The number of benzene rings is 3. The van der Waals surface area contributed by atoms with E-state index >= 15 is 0 Å². The van der Waals surface area contributed by atoms with Gasteiger partial charge in [0.15, 0.2) is 16.7 Å². The van der Waals surface area contributed by atoms with Crippen LogP contribution in [0.1, 0.15) is 11.1 Å². The Labute approximate surface area is 198 Å². The Morgan fingerprint density at radius 1 is 0.941 bits per heavy atom. The molecule has 0 saturated carbocycles. The van der Waals surface area contributed by atoms with Crippen molar-refractivity contribution >= 4 is 28.4 Å². The first-order valence-corrected chi connectivity index (χ1v) is 11.5. The smallest absolute Gasteiger partial charge is 0.263 e. The summed E-state index contributed by atoms with van der Waals surface area (Å²) < 4.78 is 28.1. The van der Waals surface area contributed by atoms with Gasteiger partial charge in [0.2, 0.25) is 5.78 Å². The van der Waals surface area contributed by atoms with Crippen LogP contribution < -0.4 is 15.0 Å². The molecule has 0 aliphatic heterocycles. The Balaban J connectivity index is 1.60. The van der Waals surface area contributed by atoms with Gasteiger partial charge in [0.1, 0.15) is 5.75 Å². The van der Waals surface area contributed by atoms with E-state index in [0.717, 1.165) is 11.1 Å². The van der Waals surface area contributed by atoms with Crippen LogP contribution in [0.25, 0.3) is 16.7 Å². The number of aromatic nitrogens is 4. The highest BCUT2D eigenvalue weighted by molar-refractivity contribution is 7.98. The summed E-state index contributed by atoms with van der Waals surface area (Å²) in [6.07, 6.45) is 0. The Morgan fingerprint density at radius 3 is 2.50 bits per heavy atom. The quantitative estimate of drug-likeness (QED) is 0.321. The van der Waals surface area contributed by atoms with Crippen molar-refractivity contribution in [1.82, 2.24) is 19.2 Å². The first-order valence-electron chi connectivity index (χ1n) is 10.5. The molecular weight excluding hydrogens is 455 g/mol. The van der Waals surface area contributed by atoms with Crippen LogP contribution in [0.4, 0.5) is 4.39 Å². The summed E-state index contributed by atoms with van der Waals surface area (Å²) in [6.45, 7) is 0.281. The van der Waals surface area contributed by atoms with E-state index in [0.29, 0.717) is 33.3 Å². The third-order valence-electron chi connectivity index (χ3n) is 5.58. The van der Waals surface area contributed by atoms with E-state index in [-0.39, 0.29) is 17.9 Å². The molecule has 172 valence electrons. The lowest BCUT2D eigenvalue weighted by Crippen LogP contribution is -2.24. The summed E-state index contributed by atoms with van der Waals surface area (Å²) in [6, 6.07) is 19.8. The number of halogens is 1. The van der Waals surface area contributed by atoms with Gasteiger partial charge >= 0.3 is 0 Å². The van der Waals surface area contributed by atoms with E-state index in [1.54, 1.807) is 23.8 Å².